The van der Waals surface area contributed by atoms with Gasteiger partial charge in [0.2, 0.25) is 0 Å². The molecule has 2 aliphatic heterocycles. The van der Waals surface area contributed by atoms with E-state index in [1.807, 2.05) is 16.9 Å². The van der Waals surface area contributed by atoms with Crippen LogP contribution < -0.4 is 4.74 Å². The molecule has 1 saturated heterocycles. The third kappa shape index (κ3) is 4.72. The average Bonchev–Trinajstić information content (AvgIpc) is 3.32. The van der Waals surface area contributed by atoms with Gasteiger partial charge < -0.3 is 14.4 Å². The average molecular weight is 448 g/mol. The molecule has 2 aliphatic rings. The molecule has 7 nitrogen and oxygen atoms in total. The van der Waals surface area contributed by atoms with Crippen LogP contribution in [0.3, 0.4) is 0 Å². The van der Waals surface area contributed by atoms with Crippen molar-refractivity contribution in [2.24, 2.45) is 5.92 Å². The van der Waals surface area contributed by atoms with E-state index in [1.54, 1.807) is 0 Å². The van der Waals surface area contributed by atoms with Crippen LogP contribution in [0, 0.1) is 17.2 Å². The molecule has 3 heterocycles. The number of carbonyl (C=O) groups excluding carboxylic acids is 1. The van der Waals surface area contributed by atoms with E-state index < -0.39 is 18.2 Å². The van der Waals surface area contributed by atoms with Crippen molar-refractivity contribution in [1.82, 2.24) is 14.7 Å². The highest BCUT2D eigenvalue weighted by atomic mass is 19.4. The van der Waals surface area contributed by atoms with Crippen LogP contribution in [0.25, 0.3) is 0 Å². The first-order chi connectivity index (χ1) is 15.2. The summed E-state index contributed by atoms with van der Waals surface area (Å²) in [6, 6.07) is 5.74. The molecule has 1 aromatic carbocycles. The lowest BCUT2D eigenvalue weighted by Crippen LogP contribution is -2.32. The fourth-order valence-electron chi connectivity index (χ4n) is 3.94. The van der Waals surface area contributed by atoms with Crippen LogP contribution in [0.5, 0.6) is 5.75 Å². The Morgan fingerprint density at radius 1 is 1.34 bits per heavy atom. The number of carbonyl (C=O) groups is 1. The molecule has 1 aromatic heterocycles. The normalized spacial score (nSPS) is 17.7. The van der Waals surface area contributed by atoms with Gasteiger partial charge in [0.15, 0.2) is 6.10 Å². The summed E-state index contributed by atoms with van der Waals surface area (Å²) in [7, 11) is 0. The zero-order chi connectivity index (χ0) is 22.9. The summed E-state index contributed by atoms with van der Waals surface area (Å²) in [6.45, 7) is 3.73. The summed E-state index contributed by atoms with van der Waals surface area (Å²) in [5, 5.41) is 13.8. The Hall–Kier alpha value is -3.06. The number of amides is 1. The van der Waals surface area contributed by atoms with Gasteiger partial charge in [-0.2, -0.15) is 23.5 Å². The van der Waals surface area contributed by atoms with Gasteiger partial charge >= 0.3 is 6.18 Å². The van der Waals surface area contributed by atoms with Gasteiger partial charge in [-0.25, -0.2) is 0 Å². The van der Waals surface area contributed by atoms with E-state index in [-0.39, 0.29) is 23.4 Å². The number of aromatic nitrogens is 2. The molecule has 1 fully saturated rings. The van der Waals surface area contributed by atoms with Crippen molar-refractivity contribution in [2.45, 2.75) is 51.7 Å². The molecular weight excluding hydrogens is 425 g/mol. The SMILES string of the molecule is CC(Oc1ccc(C#N)cc1C(=O)N1Cc2cn(CC3CCOCC3)nc2C1)C(F)(F)F. The van der Waals surface area contributed by atoms with Crippen LogP contribution in [0.4, 0.5) is 13.2 Å². The van der Waals surface area contributed by atoms with Crippen LogP contribution in [0.2, 0.25) is 0 Å². The highest BCUT2D eigenvalue weighted by Crippen LogP contribution is 2.31. The molecule has 0 spiro atoms. The highest BCUT2D eigenvalue weighted by Gasteiger charge is 2.39. The second-order valence-electron chi connectivity index (χ2n) is 8.16. The maximum atomic E-state index is 13.1. The van der Waals surface area contributed by atoms with Gasteiger partial charge in [0.1, 0.15) is 5.75 Å². The molecule has 2 aromatic rings. The fraction of sp³-hybridized carbons (Fsp3) is 0.500. The minimum atomic E-state index is -4.58. The Bertz CT molecular complexity index is 1010. The van der Waals surface area contributed by atoms with E-state index in [0.717, 1.165) is 50.8 Å². The number of benzene rings is 1. The standard InChI is InChI=1S/C22H23F3N4O3/c1-14(22(23,24)25)32-20-3-2-16(9-26)8-18(20)21(30)28-11-17-12-29(27-19(17)13-28)10-15-4-6-31-7-5-15/h2-3,8,12,14-15H,4-7,10-11,13H2,1H3. The Labute approximate surface area is 183 Å². The van der Waals surface area contributed by atoms with Crippen molar-refractivity contribution >= 4 is 5.91 Å². The lowest BCUT2D eigenvalue weighted by atomic mass is 10.0. The van der Waals surface area contributed by atoms with Crippen LogP contribution in [0.15, 0.2) is 24.4 Å². The summed E-state index contributed by atoms with van der Waals surface area (Å²) in [6.07, 6.45) is -2.77. The van der Waals surface area contributed by atoms with E-state index in [9.17, 15) is 18.0 Å². The number of alkyl halides is 3. The molecule has 0 N–H and O–H groups in total. The number of fused-ring (bicyclic) bond motifs is 1. The van der Waals surface area contributed by atoms with E-state index in [4.69, 9.17) is 14.7 Å². The minimum absolute atomic E-state index is 0.0691. The molecule has 1 atom stereocenters. The summed E-state index contributed by atoms with van der Waals surface area (Å²) < 4.78 is 51.2. The van der Waals surface area contributed by atoms with Crippen molar-refractivity contribution in [1.29, 1.82) is 5.26 Å². The van der Waals surface area contributed by atoms with Gasteiger partial charge in [-0.3, -0.25) is 9.48 Å². The smallest absolute Gasteiger partial charge is 0.425 e. The Balaban J connectivity index is 1.48. The van der Waals surface area contributed by atoms with Crippen molar-refractivity contribution in [3.8, 4) is 11.8 Å². The van der Waals surface area contributed by atoms with E-state index in [0.29, 0.717) is 12.5 Å². The predicted molar refractivity (Wildman–Crippen MR) is 107 cm³/mol. The third-order valence-electron chi connectivity index (χ3n) is 5.80. The molecule has 0 aliphatic carbocycles. The predicted octanol–water partition coefficient (Wildman–Crippen LogP) is 3.67. The van der Waals surface area contributed by atoms with Gasteiger partial charge in [0.05, 0.1) is 29.4 Å². The first-order valence-electron chi connectivity index (χ1n) is 10.4. The second-order valence-corrected chi connectivity index (χ2v) is 8.16. The van der Waals surface area contributed by atoms with E-state index in [1.165, 1.54) is 23.1 Å². The summed E-state index contributed by atoms with van der Waals surface area (Å²) in [5.41, 5.74) is 1.78. The van der Waals surface area contributed by atoms with Crippen molar-refractivity contribution < 1.29 is 27.4 Å². The third-order valence-corrected chi connectivity index (χ3v) is 5.80. The molecule has 0 bridgehead atoms. The first kappa shape index (κ1) is 22.1. The van der Waals surface area contributed by atoms with Crippen molar-refractivity contribution in [3.63, 3.8) is 0 Å². The summed E-state index contributed by atoms with van der Waals surface area (Å²) in [4.78, 5) is 14.6. The number of nitrogens with zero attached hydrogens (tertiary/aromatic N) is 4. The van der Waals surface area contributed by atoms with Gasteiger partial charge in [-0.15, -0.1) is 0 Å². The Kier molecular flexibility index (Phi) is 6.11. The maximum absolute atomic E-state index is 13.1. The van der Waals surface area contributed by atoms with E-state index >= 15 is 0 Å². The fourth-order valence-corrected chi connectivity index (χ4v) is 3.94. The molecular formula is C22H23F3N4O3. The number of ether oxygens (including phenoxy) is 2. The van der Waals surface area contributed by atoms with Crippen LogP contribution in [0.1, 0.15) is 46.9 Å². The number of nitriles is 1. The quantitative estimate of drug-likeness (QED) is 0.697. The summed E-state index contributed by atoms with van der Waals surface area (Å²) in [5.74, 6) is -0.195. The zero-order valence-electron chi connectivity index (χ0n) is 17.6. The molecule has 4 rings (SSSR count). The van der Waals surface area contributed by atoms with Crippen LogP contribution in [-0.4, -0.2) is 46.1 Å². The molecule has 170 valence electrons. The summed E-state index contributed by atoms with van der Waals surface area (Å²) >= 11 is 0. The van der Waals surface area contributed by atoms with E-state index in [2.05, 4.69) is 5.10 Å². The van der Waals surface area contributed by atoms with Crippen LogP contribution in [-0.2, 0) is 24.4 Å². The molecule has 1 amide bonds. The largest absolute Gasteiger partial charge is 0.480 e. The first-order valence-corrected chi connectivity index (χ1v) is 10.4. The number of hydrogen-bond acceptors (Lipinski definition) is 5. The zero-order valence-corrected chi connectivity index (χ0v) is 17.6. The number of halogens is 3. The van der Waals surface area contributed by atoms with Gasteiger partial charge in [0, 0.05) is 38.1 Å². The Morgan fingerprint density at radius 3 is 2.75 bits per heavy atom. The topological polar surface area (TPSA) is 80.4 Å². The molecule has 0 radical (unpaired) electrons. The van der Waals surface area contributed by atoms with Crippen LogP contribution >= 0.6 is 0 Å². The van der Waals surface area contributed by atoms with Gasteiger partial charge in [0.25, 0.3) is 5.91 Å². The molecule has 32 heavy (non-hydrogen) atoms. The van der Waals surface area contributed by atoms with Gasteiger partial charge in [-0.05, 0) is 43.9 Å². The molecule has 10 heteroatoms. The number of hydrogen-bond donors (Lipinski definition) is 0. The highest BCUT2D eigenvalue weighted by molar-refractivity contribution is 5.97. The second kappa shape index (κ2) is 8.82. The van der Waals surface area contributed by atoms with Gasteiger partial charge in [-0.1, -0.05) is 0 Å². The van der Waals surface area contributed by atoms with Crippen molar-refractivity contribution in [3.05, 3.63) is 46.8 Å². The van der Waals surface area contributed by atoms with Crippen molar-refractivity contribution in [2.75, 3.05) is 13.2 Å². The maximum Gasteiger partial charge on any atom is 0.425 e. The number of rotatable bonds is 5. The lowest BCUT2D eigenvalue weighted by molar-refractivity contribution is -0.189. The monoisotopic (exact) mass is 448 g/mol. The Morgan fingerprint density at radius 2 is 2.09 bits per heavy atom. The molecule has 1 unspecified atom stereocenters. The minimum Gasteiger partial charge on any atom is -0.480 e. The lowest BCUT2D eigenvalue weighted by Gasteiger charge is -2.23. The molecule has 0 saturated carbocycles.